The highest BCUT2D eigenvalue weighted by Gasteiger charge is 2.33. The molecule has 3 rings (SSSR count). The van der Waals surface area contributed by atoms with Crippen molar-refractivity contribution in [2.24, 2.45) is 0 Å². The number of rotatable bonds is 3. The van der Waals surface area contributed by atoms with Crippen molar-refractivity contribution in [1.29, 1.82) is 0 Å². The summed E-state index contributed by atoms with van der Waals surface area (Å²) in [6.45, 7) is 2.19. The lowest BCUT2D eigenvalue weighted by molar-refractivity contribution is -0.118. The van der Waals surface area contributed by atoms with Gasteiger partial charge >= 0.3 is 0 Å². The molecule has 2 aromatic carbocycles. The molecule has 2 aromatic rings. The molecule has 0 bridgehead atoms. The summed E-state index contributed by atoms with van der Waals surface area (Å²) in [6, 6.07) is 13.1. The topological polar surface area (TPSA) is 49.4 Å². The highest BCUT2D eigenvalue weighted by molar-refractivity contribution is 6.03. The summed E-state index contributed by atoms with van der Waals surface area (Å²) in [6.07, 6.45) is 0.536. The summed E-state index contributed by atoms with van der Waals surface area (Å²) in [4.78, 5) is 26.3. The lowest BCUT2D eigenvalue weighted by atomic mass is 10.1. The number of hydrogen-bond donors (Lipinski definition) is 1. The van der Waals surface area contributed by atoms with Crippen LogP contribution in [0.1, 0.15) is 22.3 Å². The molecule has 118 valence electrons. The van der Waals surface area contributed by atoms with Crippen molar-refractivity contribution in [2.75, 3.05) is 11.4 Å². The van der Waals surface area contributed by atoms with Crippen LogP contribution in [0.25, 0.3) is 0 Å². The van der Waals surface area contributed by atoms with Gasteiger partial charge in [0.15, 0.2) is 0 Å². The van der Waals surface area contributed by atoms with E-state index in [1.807, 2.05) is 30.3 Å². The van der Waals surface area contributed by atoms with Crippen LogP contribution in [0.5, 0.6) is 0 Å². The van der Waals surface area contributed by atoms with Gasteiger partial charge in [-0.3, -0.25) is 9.59 Å². The summed E-state index contributed by atoms with van der Waals surface area (Å²) >= 11 is 0. The maximum atomic E-state index is 13.6. The first-order valence-electron chi connectivity index (χ1n) is 7.49. The molecule has 2 amide bonds. The molecule has 23 heavy (non-hydrogen) atoms. The molecular formula is C18H17FN2O2. The quantitative estimate of drug-likeness (QED) is 0.947. The number of carbonyl (C=O) groups is 2. The first-order valence-corrected chi connectivity index (χ1v) is 7.49. The third kappa shape index (κ3) is 3.08. The largest absolute Gasteiger partial charge is 0.340 e. The summed E-state index contributed by atoms with van der Waals surface area (Å²) in [5, 5.41) is 2.69. The fourth-order valence-corrected chi connectivity index (χ4v) is 2.65. The van der Waals surface area contributed by atoms with Crippen LogP contribution in [-0.2, 0) is 4.79 Å². The van der Waals surface area contributed by atoms with E-state index in [0.29, 0.717) is 18.5 Å². The van der Waals surface area contributed by atoms with Crippen LogP contribution in [0.2, 0.25) is 0 Å². The third-order valence-electron chi connectivity index (χ3n) is 4.01. The number of carbonyl (C=O) groups excluding carboxylic acids is 2. The molecular weight excluding hydrogens is 295 g/mol. The highest BCUT2D eigenvalue weighted by Crippen LogP contribution is 2.21. The van der Waals surface area contributed by atoms with Crippen molar-refractivity contribution in [3.05, 3.63) is 65.5 Å². The minimum absolute atomic E-state index is 0.142. The molecule has 1 atom stereocenters. The smallest absolute Gasteiger partial charge is 0.252 e. The third-order valence-corrected chi connectivity index (χ3v) is 4.01. The van der Waals surface area contributed by atoms with Gasteiger partial charge in [-0.2, -0.15) is 0 Å². The number of halogens is 1. The average Bonchev–Trinajstić information content (AvgIpc) is 2.92. The molecule has 0 aromatic heterocycles. The van der Waals surface area contributed by atoms with E-state index in [-0.39, 0.29) is 11.5 Å². The molecule has 1 aliphatic rings. The molecule has 4 nitrogen and oxygen atoms in total. The van der Waals surface area contributed by atoms with E-state index in [1.54, 1.807) is 24.0 Å². The SMILES string of the molecule is Cc1ccc(C(=O)NC2CCN(c3ccccc3)C2=O)cc1F. The standard InChI is InChI=1S/C18H17FN2O2/c1-12-7-8-13(11-15(12)19)17(22)20-16-9-10-21(18(16)23)14-5-3-2-4-6-14/h2-8,11,16H,9-10H2,1H3,(H,20,22). The normalized spacial score (nSPS) is 17.4. The monoisotopic (exact) mass is 312 g/mol. The van der Waals surface area contributed by atoms with Crippen molar-refractivity contribution in [3.8, 4) is 0 Å². The Morgan fingerprint density at radius 2 is 1.96 bits per heavy atom. The van der Waals surface area contributed by atoms with Crippen LogP contribution in [-0.4, -0.2) is 24.4 Å². The number of nitrogens with zero attached hydrogens (tertiary/aromatic N) is 1. The Morgan fingerprint density at radius 3 is 2.65 bits per heavy atom. The Kier molecular flexibility index (Phi) is 4.10. The van der Waals surface area contributed by atoms with E-state index in [0.717, 1.165) is 5.69 Å². The maximum Gasteiger partial charge on any atom is 0.252 e. The van der Waals surface area contributed by atoms with Gasteiger partial charge in [0.25, 0.3) is 5.91 Å². The molecule has 5 heteroatoms. The first kappa shape index (κ1) is 15.2. The Bertz CT molecular complexity index is 746. The molecule has 0 spiro atoms. The minimum Gasteiger partial charge on any atom is -0.340 e. The molecule has 1 fully saturated rings. The van der Waals surface area contributed by atoms with Crippen LogP contribution in [0.4, 0.5) is 10.1 Å². The fraction of sp³-hybridized carbons (Fsp3) is 0.222. The Morgan fingerprint density at radius 1 is 1.22 bits per heavy atom. The predicted molar refractivity (Wildman–Crippen MR) is 85.8 cm³/mol. The van der Waals surface area contributed by atoms with Gasteiger partial charge in [0.1, 0.15) is 11.9 Å². The minimum atomic E-state index is -0.577. The zero-order valence-electron chi connectivity index (χ0n) is 12.8. The second kappa shape index (κ2) is 6.20. The summed E-state index contributed by atoms with van der Waals surface area (Å²) in [5.74, 6) is -1.00. The van der Waals surface area contributed by atoms with Crippen molar-refractivity contribution in [1.82, 2.24) is 5.32 Å². The Balaban J connectivity index is 1.70. The van der Waals surface area contributed by atoms with E-state index in [4.69, 9.17) is 0 Å². The van der Waals surface area contributed by atoms with Gasteiger partial charge in [0, 0.05) is 17.8 Å². The van der Waals surface area contributed by atoms with E-state index < -0.39 is 17.8 Å². The van der Waals surface area contributed by atoms with Crippen LogP contribution in [0.15, 0.2) is 48.5 Å². The highest BCUT2D eigenvalue weighted by atomic mass is 19.1. The lowest BCUT2D eigenvalue weighted by Gasteiger charge is -2.17. The summed E-state index contributed by atoms with van der Waals surface area (Å²) in [5.41, 5.74) is 1.52. The molecule has 1 aliphatic heterocycles. The van der Waals surface area contributed by atoms with Gasteiger partial charge in [-0.1, -0.05) is 24.3 Å². The summed E-state index contributed by atoms with van der Waals surface area (Å²) < 4.78 is 13.6. The number of amides is 2. The zero-order valence-corrected chi connectivity index (χ0v) is 12.8. The lowest BCUT2D eigenvalue weighted by Crippen LogP contribution is -2.41. The van der Waals surface area contributed by atoms with E-state index in [2.05, 4.69) is 5.32 Å². The molecule has 0 saturated carbocycles. The van der Waals surface area contributed by atoms with E-state index in [9.17, 15) is 14.0 Å². The van der Waals surface area contributed by atoms with Crippen LogP contribution in [0, 0.1) is 12.7 Å². The Labute approximate surface area is 133 Å². The molecule has 1 unspecified atom stereocenters. The van der Waals surface area contributed by atoms with E-state index in [1.165, 1.54) is 6.07 Å². The molecule has 0 radical (unpaired) electrons. The van der Waals surface area contributed by atoms with Crippen molar-refractivity contribution < 1.29 is 14.0 Å². The number of aryl methyl sites for hydroxylation is 1. The number of benzene rings is 2. The van der Waals surface area contributed by atoms with E-state index >= 15 is 0 Å². The average molecular weight is 312 g/mol. The van der Waals surface area contributed by atoms with Crippen molar-refractivity contribution >= 4 is 17.5 Å². The second-order valence-electron chi connectivity index (χ2n) is 5.60. The van der Waals surface area contributed by atoms with Gasteiger partial charge in [-0.05, 0) is 43.2 Å². The number of nitrogens with one attached hydrogen (secondary N) is 1. The van der Waals surface area contributed by atoms with Gasteiger partial charge < -0.3 is 10.2 Å². The van der Waals surface area contributed by atoms with Crippen LogP contribution in [0.3, 0.4) is 0 Å². The molecule has 1 saturated heterocycles. The van der Waals surface area contributed by atoms with Gasteiger partial charge in [-0.15, -0.1) is 0 Å². The molecule has 1 heterocycles. The maximum absolute atomic E-state index is 13.6. The molecule has 0 aliphatic carbocycles. The predicted octanol–water partition coefficient (Wildman–Crippen LogP) is 2.67. The number of hydrogen-bond acceptors (Lipinski definition) is 2. The molecule has 1 N–H and O–H groups in total. The first-order chi connectivity index (χ1) is 11.1. The number of para-hydroxylation sites is 1. The summed E-state index contributed by atoms with van der Waals surface area (Å²) in [7, 11) is 0. The van der Waals surface area contributed by atoms with Crippen LogP contribution >= 0.6 is 0 Å². The van der Waals surface area contributed by atoms with Crippen LogP contribution < -0.4 is 10.2 Å². The van der Waals surface area contributed by atoms with Gasteiger partial charge in [0.05, 0.1) is 0 Å². The van der Waals surface area contributed by atoms with Crippen molar-refractivity contribution in [3.63, 3.8) is 0 Å². The Hall–Kier alpha value is -2.69. The van der Waals surface area contributed by atoms with Gasteiger partial charge in [-0.25, -0.2) is 4.39 Å². The second-order valence-corrected chi connectivity index (χ2v) is 5.60. The van der Waals surface area contributed by atoms with Crippen molar-refractivity contribution in [2.45, 2.75) is 19.4 Å². The number of anilines is 1. The van der Waals surface area contributed by atoms with Gasteiger partial charge in [0.2, 0.25) is 5.91 Å². The zero-order chi connectivity index (χ0) is 16.4. The fourth-order valence-electron chi connectivity index (χ4n) is 2.65.